The highest BCUT2D eigenvalue weighted by Gasteiger charge is 2.60. The van der Waals surface area contributed by atoms with Gasteiger partial charge in [0, 0.05) is 10.6 Å². The number of carboxylic acid groups (broad SMARTS) is 1. The number of rotatable bonds is 8. The fourth-order valence-corrected chi connectivity index (χ4v) is 9.05. The second kappa shape index (κ2) is 11.4. The van der Waals surface area contributed by atoms with Gasteiger partial charge in [-0.3, -0.25) is 9.59 Å². The van der Waals surface area contributed by atoms with Crippen LogP contribution in [0, 0.1) is 0 Å². The maximum Gasteiger partial charge on any atom is 0.377 e. The van der Waals surface area contributed by atoms with Crippen molar-refractivity contribution in [1.82, 2.24) is 0 Å². The molecule has 0 radical (unpaired) electrons. The summed E-state index contributed by atoms with van der Waals surface area (Å²) in [5.41, 5.74) is -1.23. The molecule has 0 aliphatic heterocycles. The van der Waals surface area contributed by atoms with E-state index in [0.29, 0.717) is 5.02 Å². The van der Waals surface area contributed by atoms with Gasteiger partial charge in [-0.25, -0.2) is 4.79 Å². The predicted molar refractivity (Wildman–Crippen MR) is 137 cm³/mol. The van der Waals surface area contributed by atoms with Crippen LogP contribution in [0.4, 0.5) is 0 Å². The summed E-state index contributed by atoms with van der Waals surface area (Å²) < 4.78 is 0. The molecule has 4 nitrogen and oxygen atoms in total. The van der Waals surface area contributed by atoms with E-state index >= 15 is 0 Å². The second-order valence-electron chi connectivity index (χ2n) is 7.67. The van der Waals surface area contributed by atoms with Gasteiger partial charge in [0.25, 0.3) is 5.78 Å². The van der Waals surface area contributed by atoms with Gasteiger partial charge in [-0.1, -0.05) is 66.2 Å². The van der Waals surface area contributed by atoms with Crippen LogP contribution in [0.1, 0.15) is 10.4 Å². The van der Waals surface area contributed by atoms with Crippen molar-refractivity contribution < 1.29 is 31.9 Å². The Morgan fingerprint density at radius 2 is 1.00 bits per heavy atom. The molecular weight excluding hydrogens is 502 g/mol. The number of carbonyl (C=O) groups is 3. The van der Waals surface area contributed by atoms with Crippen LogP contribution in [0.2, 0.25) is 5.02 Å². The van der Waals surface area contributed by atoms with Crippen molar-refractivity contribution in [2.24, 2.45) is 0 Å². The molecule has 0 aliphatic carbocycles. The van der Waals surface area contributed by atoms with Crippen molar-refractivity contribution >= 4 is 52.3 Å². The van der Waals surface area contributed by atoms with Crippen LogP contribution in [0.3, 0.4) is 0 Å². The molecule has 4 aromatic carbocycles. The normalized spacial score (nSPS) is 11.7. The lowest BCUT2D eigenvalue weighted by molar-refractivity contribution is -0.148. The highest BCUT2D eigenvalue weighted by molar-refractivity contribution is 7.97. The minimum atomic E-state index is -3.12. The van der Waals surface area contributed by atoms with Crippen molar-refractivity contribution in [3.63, 3.8) is 0 Å². The van der Waals surface area contributed by atoms with Gasteiger partial charge in [-0.2, -0.15) is 0 Å². The number of Topliss-reactive ketones (excluding diaryl/α,β-unsaturated/α-hetero) is 2. The van der Waals surface area contributed by atoms with Gasteiger partial charge in [0.2, 0.25) is 11.4 Å². The van der Waals surface area contributed by atoms with Gasteiger partial charge in [0.1, 0.15) is 23.2 Å². The molecule has 0 heterocycles. The summed E-state index contributed by atoms with van der Waals surface area (Å²) in [4.78, 5) is 39.7. The van der Waals surface area contributed by atoms with E-state index in [1.807, 2.05) is 91.0 Å². The zero-order valence-electron chi connectivity index (χ0n) is 18.4. The maximum absolute atomic E-state index is 14.1. The summed E-state index contributed by atoms with van der Waals surface area (Å²) in [6.45, 7) is 0. The number of benzene rings is 4. The third-order valence-electron chi connectivity index (χ3n) is 5.71. The highest BCUT2D eigenvalue weighted by atomic mass is 35.5. The second-order valence-corrected chi connectivity index (χ2v) is 11.6. The lowest BCUT2D eigenvalue weighted by Gasteiger charge is -2.32. The average molecular weight is 523 g/mol. The molecule has 0 amide bonds. The van der Waals surface area contributed by atoms with E-state index < -0.39 is 30.5 Å². The van der Waals surface area contributed by atoms with Crippen molar-refractivity contribution in [3.05, 3.63) is 126 Å². The number of carboxylic acids is 1. The van der Waals surface area contributed by atoms with E-state index in [-0.39, 0.29) is 18.0 Å². The molecule has 1 unspecified atom stereocenters. The Kier molecular flexibility index (Phi) is 8.58. The van der Waals surface area contributed by atoms with Gasteiger partial charge in [-0.15, -0.1) is 0 Å². The van der Waals surface area contributed by atoms with E-state index in [1.54, 1.807) is 12.1 Å². The van der Waals surface area contributed by atoms with Crippen LogP contribution < -0.4 is 28.3 Å². The first-order chi connectivity index (χ1) is 16.5. The standard InChI is InChI=1S/C28H20ClO4P.ClH/c29-21-18-16-20(17-19-21)25(30)27(26(31)28(32)33)34(22-10-4-1-5-11-22,23-12-6-2-7-13-23)24-14-8-3-9-15-24;/h1-19,27H;1H. The Hall–Kier alpha value is -3.30. The molecule has 0 bridgehead atoms. The summed E-state index contributed by atoms with van der Waals surface area (Å²) in [6, 6.07) is 34.0. The topological polar surface area (TPSA) is 71.4 Å². The van der Waals surface area contributed by atoms with Gasteiger partial charge in [-0.05, 0) is 60.7 Å². The zero-order valence-corrected chi connectivity index (χ0v) is 20.8. The molecule has 4 aromatic rings. The Labute approximate surface area is 215 Å². The van der Waals surface area contributed by atoms with E-state index in [9.17, 15) is 19.5 Å². The number of carbonyl (C=O) groups excluding carboxylic acids is 2. The smallest absolute Gasteiger partial charge is 0.377 e. The number of halogens is 2. The minimum Gasteiger partial charge on any atom is -1.00 e. The molecule has 35 heavy (non-hydrogen) atoms. The Morgan fingerprint density at radius 1 is 0.629 bits per heavy atom. The monoisotopic (exact) mass is 522 g/mol. The van der Waals surface area contributed by atoms with Crippen LogP contribution in [0.5, 0.6) is 0 Å². The molecule has 0 saturated heterocycles. The lowest BCUT2D eigenvalue weighted by Crippen LogP contribution is -3.00. The Bertz CT molecular complexity index is 1220. The van der Waals surface area contributed by atoms with Crippen molar-refractivity contribution in [2.45, 2.75) is 5.66 Å². The van der Waals surface area contributed by atoms with E-state index in [1.165, 1.54) is 12.1 Å². The van der Waals surface area contributed by atoms with E-state index in [4.69, 9.17) is 11.6 Å². The molecule has 1 N–H and O–H groups in total. The molecular formula is C28H21Cl2O4P. The minimum absolute atomic E-state index is 0. The molecule has 4 rings (SSSR count). The molecule has 0 fully saturated rings. The van der Waals surface area contributed by atoms with Crippen molar-refractivity contribution in [2.75, 3.05) is 0 Å². The summed E-state index contributed by atoms with van der Waals surface area (Å²) in [5.74, 6) is -3.32. The van der Waals surface area contributed by atoms with Crippen LogP contribution in [-0.4, -0.2) is 28.3 Å². The van der Waals surface area contributed by atoms with Crippen molar-refractivity contribution in [1.29, 1.82) is 0 Å². The summed E-state index contributed by atoms with van der Waals surface area (Å²) in [7, 11) is -3.12. The SMILES string of the molecule is O=C(O)C(=O)C(C(=O)c1ccc(Cl)cc1)[P+](c1ccccc1)(c1ccccc1)c1ccccc1.[Cl-]. The molecule has 7 heteroatoms. The molecule has 0 aliphatic rings. The first-order valence-electron chi connectivity index (χ1n) is 10.6. The third-order valence-corrected chi connectivity index (χ3v) is 10.5. The van der Waals surface area contributed by atoms with Crippen molar-refractivity contribution in [3.8, 4) is 0 Å². The van der Waals surface area contributed by atoms with Crippen LogP contribution >= 0.6 is 18.9 Å². The maximum atomic E-state index is 14.1. The molecule has 0 saturated carbocycles. The van der Waals surface area contributed by atoms with Crippen LogP contribution in [0.25, 0.3) is 0 Å². The Balaban J connectivity index is 0.00000342. The van der Waals surface area contributed by atoms with Crippen LogP contribution in [-0.2, 0) is 9.59 Å². The van der Waals surface area contributed by atoms with E-state index in [2.05, 4.69) is 0 Å². The number of hydrogen-bond donors (Lipinski definition) is 1. The molecule has 0 aromatic heterocycles. The van der Waals surface area contributed by atoms with Gasteiger partial charge in [0.05, 0.1) is 0 Å². The summed E-state index contributed by atoms with van der Waals surface area (Å²) in [6.07, 6.45) is 0. The number of aliphatic carboxylic acids is 1. The largest absolute Gasteiger partial charge is 1.00 e. The summed E-state index contributed by atoms with van der Waals surface area (Å²) in [5, 5.41) is 12.6. The van der Waals surface area contributed by atoms with Gasteiger partial charge in [0.15, 0.2) is 0 Å². The van der Waals surface area contributed by atoms with E-state index in [0.717, 1.165) is 15.9 Å². The molecule has 176 valence electrons. The number of hydrogen-bond acceptors (Lipinski definition) is 3. The Morgan fingerprint density at radius 3 is 1.34 bits per heavy atom. The first-order valence-corrected chi connectivity index (χ1v) is 12.8. The molecule has 1 atom stereocenters. The predicted octanol–water partition coefficient (Wildman–Crippen LogP) is 1.54. The fourth-order valence-electron chi connectivity index (χ4n) is 4.24. The fraction of sp³-hybridized carbons (Fsp3) is 0.0357. The average Bonchev–Trinajstić information content (AvgIpc) is 2.88. The number of ketones is 2. The lowest BCUT2D eigenvalue weighted by atomic mass is 10.1. The van der Waals surface area contributed by atoms with Crippen LogP contribution in [0.15, 0.2) is 115 Å². The van der Waals surface area contributed by atoms with Gasteiger partial charge >= 0.3 is 5.97 Å². The summed E-state index contributed by atoms with van der Waals surface area (Å²) >= 11 is 6.02. The highest BCUT2D eigenvalue weighted by Crippen LogP contribution is 2.60. The molecule has 0 spiro atoms. The zero-order chi connectivity index (χ0) is 24.1. The first kappa shape index (κ1) is 26.3. The quantitative estimate of drug-likeness (QED) is 0.165. The third kappa shape index (κ3) is 5.06. The van der Waals surface area contributed by atoms with Gasteiger partial charge < -0.3 is 17.5 Å².